The number of amides is 2. The number of nitrogens with zero attached hydrogens (tertiary/aromatic N) is 3. The van der Waals surface area contributed by atoms with Crippen LogP contribution in [0.4, 0.5) is 4.79 Å². The van der Waals surface area contributed by atoms with Crippen LogP contribution in [0.25, 0.3) is 5.69 Å². The number of para-hydroxylation sites is 2. The number of methoxy groups -OCH3 is 1. The fraction of sp³-hybridized carbons (Fsp3) is 0.474. The van der Waals surface area contributed by atoms with Crippen molar-refractivity contribution in [1.29, 1.82) is 0 Å². The normalized spacial score (nSPS) is 16.5. The van der Waals surface area contributed by atoms with Crippen molar-refractivity contribution in [2.45, 2.75) is 19.9 Å². The van der Waals surface area contributed by atoms with Crippen LogP contribution in [0.2, 0.25) is 0 Å². The molecule has 1 aromatic carbocycles. The van der Waals surface area contributed by atoms with E-state index in [1.54, 1.807) is 22.9 Å². The summed E-state index contributed by atoms with van der Waals surface area (Å²) in [6, 6.07) is 7.42. The summed E-state index contributed by atoms with van der Waals surface area (Å²) >= 11 is 0. The fourth-order valence-corrected chi connectivity index (χ4v) is 3.08. The molecule has 140 valence electrons. The molecule has 1 aliphatic rings. The second kappa shape index (κ2) is 7.37. The molecular weight excluding hydrogens is 332 g/mol. The monoisotopic (exact) mass is 358 g/mol. The number of nitrogens with one attached hydrogen (secondary N) is 1. The van der Waals surface area contributed by atoms with Gasteiger partial charge in [0.25, 0.3) is 0 Å². The predicted octanol–water partition coefficient (Wildman–Crippen LogP) is 2.62. The van der Waals surface area contributed by atoms with E-state index >= 15 is 0 Å². The third-order valence-electron chi connectivity index (χ3n) is 4.64. The molecule has 1 unspecified atom stereocenters. The summed E-state index contributed by atoms with van der Waals surface area (Å²) in [5.41, 5.74) is 1.84. The standard InChI is InChI=1S/C19H26N4O3/c1-14(21-18(24)22(3)11-19(2)12-26-13-19)15-9-20-23(10-15)16-7-5-6-8-17(16)25-4/h5-10,14H,11-13H2,1-4H3,(H,21,24). The number of urea groups is 1. The van der Waals surface area contributed by atoms with Crippen molar-refractivity contribution in [2.24, 2.45) is 5.41 Å². The molecule has 0 spiro atoms. The van der Waals surface area contributed by atoms with Crippen LogP contribution >= 0.6 is 0 Å². The molecule has 7 nitrogen and oxygen atoms in total. The third-order valence-corrected chi connectivity index (χ3v) is 4.64. The first-order valence-electron chi connectivity index (χ1n) is 8.69. The number of rotatable bonds is 6. The molecule has 2 amide bonds. The van der Waals surface area contributed by atoms with Crippen molar-refractivity contribution in [3.8, 4) is 11.4 Å². The van der Waals surface area contributed by atoms with Crippen molar-refractivity contribution in [1.82, 2.24) is 20.0 Å². The summed E-state index contributed by atoms with van der Waals surface area (Å²) in [4.78, 5) is 14.2. The lowest BCUT2D eigenvalue weighted by Gasteiger charge is -2.40. The highest BCUT2D eigenvalue weighted by Gasteiger charge is 2.35. The molecule has 1 fully saturated rings. The lowest BCUT2D eigenvalue weighted by atomic mass is 9.88. The zero-order valence-electron chi connectivity index (χ0n) is 15.7. The molecule has 1 N–H and O–H groups in total. The summed E-state index contributed by atoms with van der Waals surface area (Å²) in [5.74, 6) is 0.745. The minimum atomic E-state index is -0.154. The third kappa shape index (κ3) is 3.83. The number of carbonyl (C=O) groups excluding carboxylic acids is 1. The number of ether oxygens (including phenoxy) is 2. The first-order valence-corrected chi connectivity index (χ1v) is 8.69. The Morgan fingerprint density at radius 3 is 2.85 bits per heavy atom. The minimum absolute atomic E-state index is 0.0596. The molecule has 3 rings (SSSR count). The second-order valence-corrected chi connectivity index (χ2v) is 7.22. The van der Waals surface area contributed by atoms with Crippen LogP contribution in [0.3, 0.4) is 0 Å². The Labute approximate surface area is 153 Å². The SMILES string of the molecule is COc1ccccc1-n1cc(C(C)NC(=O)N(C)CC2(C)COC2)cn1. The minimum Gasteiger partial charge on any atom is -0.494 e. The van der Waals surface area contributed by atoms with Crippen LogP contribution in [0, 0.1) is 5.41 Å². The van der Waals surface area contributed by atoms with E-state index in [9.17, 15) is 4.79 Å². The Hall–Kier alpha value is -2.54. The van der Waals surface area contributed by atoms with Crippen LogP contribution < -0.4 is 10.1 Å². The average Bonchev–Trinajstić information content (AvgIpc) is 3.10. The van der Waals surface area contributed by atoms with Crippen molar-refractivity contribution < 1.29 is 14.3 Å². The van der Waals surface area contributed by atoms with Gasteiger partial charge in [-0.3, -0.25) is 0 Å². The topological polar surface area (TPSA) is 68.6 Å². The Kier molecular flexibility index (Phi) is 5.18. The maximum absolute atomic E-state index is 12.4. The molecule has 1 aliphatic heterocycles. The first kappa shape index (κ1) is 18.3. The zero-order valence-corrected chi connectivity index (χ0v) is 15.7. The van der Waals surface area contributed by atoms with E-state index in [0.717, 1.165) is 17.0 Å². The molecule has 0 radical (unpaired) electrons. The number of hydrogen-bond donors (Lipinski definition) is 1. The summed E-state index contributed by atoms with van der Waals surface area (Å²) in [7, 11) is 3.44. The van der Waals surface area contributed by atoms with Gasteiger partial charge in [-0.15, -0.1) is 0 Å². The molecule has 0 aliphatic carbocycles. The van der Waals surface area contributed by atoms with Gasteiger partial charge in [0.1, 0.15) is 11.4 Å². The van der Waals surface area contributed by atoms with Crippen LogP contribution in [0.15, 0.2) is 36.7 Å². The molecular formula is C19H26N4O3. The van der Waals surface area contributed by atoms with Gasteiger partial charge in [0.15, 0.2) is 0 Å². The number of hydrogen-bond acceptors (Lipinski definition) is 4. The van der Waals surface area contributed by atoms with Crippen molar-refractivity contribution in [3.63, 3.8) is 0 Å². The maximum atomic E-state index is 12.4. The summed E-state index contributed by atoms with van der Waals surface area (Å²) < 4.78 is 12.4. The second-order valence-electron chi connectivity index (χ2n) is 7.22. The largest absolute Gasteiger partial charge is 0.494 e. The van der Waals surface area contributed by atoms with Crippen LogP contribution in [-0.2, 0) is 4.74 Å². The smallest absolute Gasteiger partial charge is 0.317 e. The molecule has 1 atom stereocenters. The zero-order chi connectivity index (χ0) is 18.7. The van der Waals surface area contributed by atoms with E-state index in [0.29, 0.717) is 19.8 Å². The van der Waals surface area contributed by atoms with Gasteiger partial charge in [0, 0.05) is 30.8 Å². The van der Waals surface area contributed by atoms with Gasteiger partial charge in [0.2, 0.25) is 0 Å². The van der Waals surface area contributed by atoms with E-state index in [4.69, 9.17) is 9.47 Å². The van der Waals surface area contributed by atoms with Gasteiger partial charge in [-0.05, 0) is 19.1 Å². The first-order chi connectivity index (χ1) is 12.4. The van der Waals surface area contributed by atoms with Crippen molar-refractivity contribution in [3.05, 3.63) is 42.2 Å². The van der Waals surface area contributed by atoms with Gasteiger partial charge < -0.3 is 19.7 Å². The van der Waals surface area contributed by atoms with E-state index in [-0.39, 0.29) is 17.5 Å². The van der Waals surface area contributed by atoms with Gasteiger partial charge in [-0.2, -0.15) is 5.10 Å². The number of carbonyl (C=O) groups is 1. The van der Waals surface area contributed by atoms with E-state index < -0.39 is 0 Å². The molecule has 26 heavy (non-hydrogen) atoms. The van der Waals surface area contributed by atoms with Gasteiger partial charge in [-0.25, -0.2) is 9.48 Å². The highest BCUT2D eigenvalue weighted by Crippen LogP contribution is 2.27. The summed E-state index contributed by atoms with van der Waals surface area (Å²) in [6.07, 6.45) is 3.67. The van der Waals surface area contributed by atoms with Gasteiger partial charge in [-0.1, -0.05) is 19.1 Å². The van der Waals surface area contributed by atoms with E-state index in [1.165, 1.54) is 0 Å². The number of benzene rings is 1. The lowest BCUT2D eigenvalue weighted by Crippen LogP contribution is -2.51. The molecule has 2 heterocycles. The highest BCUT2D eigenvalue weighted by atomic mass is 16.5. The molecule has 1 saturated heterocycles. The van der Waals surface area contributed by atoms with Crippen LogP contribution in [-0.4, -0.2) is 54.6 Å². The average molecular weight is 358 g/mol. The molecule has 7 heteroatoms. The Balaban J connectivity index is 1.64. The predicted molar refractivity (Wildman–Crippen MR) is 98.6 cm³/mol. The van der Waals surface area contributed by atoms with Gasteiger partial charge in [0.05, 0.1) is 32.6 Å². The van der Waals surface area contributed by atoms with E-state index in [1.807, 2.05) is 44.4 Å². The highest BCUT2D eigenvalue weighted by molar-refractivity contribution is 5.74. The Bertz CT molecular complexity index is 770. The van der Waals surface area contributed by atoms with Crippen LogP contribution in [0.5, 0.6) is 5.75 Å². The molecule has 1 aromatic heterocycles. The lowest BCUT2D eigenvalue weighted by molar-refractivity contribution is -0.108. The van der Waals surface area contributed by atoms with Crippen LogP contribution in [0.1, 0.15) is 25.5 Å². The molecule has 2 aromatic rings. The molecule has 0 saturated carbocycles. The van der Waals surface area contributed by atoms with Crippen molar-refractivity contribution >= 4 is 6.03 Å². The Morgan fingerprint density at radius 2 is 2.19 bits per heavy atom. The quantitative estimate of drug-likeness (QED) is 0.862. The van der Waals surface area contributed by atoms with E-state index in [2.05, 4.69) is 17.3 Å². The Morgan fingerprint density at radius 1 is 1.46 bits per heavy atom. The summed E-state index contributed by atoms with van der Waals surface area (Å²) in [6.45, 7) is 6.15. The number of aromatic nitrogens is 2. The fourth-order valence-electron chi connectivity index (χ4n) is 3.08. The molecule has 0 bridgehead atoms. The van der Waals surface area contributed by atoms with Crippen molar-refractivity contribution in [2.75, 3.05) is 33.9 Å². The maximum Gasteiger partial charge on any atom is 0.317 e. The summed E-state index contributed by atoms with van der Waals surface area (Å²) in [5, 5.41) is 7.43. The van der Waals surface area contributed by atoms with Gasteiger partial charge >= 0.3 is 6.03 Å².